The van der Waals surface area contributed by atoms with Gasteiger partial charge in [0.05, 0.1) is 0 Å². The lowest BCUT2D eigenvalue weighted by Crippen LogP contribution is -2.26. The van der Waals surface area contributed by atoms with Crippen LogP contribution in [0.4, 0.5) is 19.0 Å². The summed E-state index contributed by atoms with van der Waals surface area (Å²) in [7, 11) is 0. The molecule has 26 heavy (non-hydrogen) atoms. The lowest BCUT2D eigenvalue weighted by Gasteiger charge is -2.11. The second-order valence-corrected chi connectivity index (χ2v) is 5.80. The molecule has 0 bridgehead atoms. The molecule has 0 saturated heterocycles. The van der Waals surface area contributed by atoms with Gasteiger partial charge in [0.25, 0.3) is 5.91 Å². The molecule has 1 aromatic rings. The number of amides is 2. The van der Waals surface area contributed by atoms with Gasteiger partial charge in [-0.15, -0.1) is 0 Å². The zero-order chi connectivity index (χ0) is 19.3. The topological polar surface area (TPSA) is 71.1 Å². The lowest BCUT2D eigenvalue weighted by atomic mass is 10.1. The van der Waals surface area contributed by atoms with E-state index in [0.717, 1.165) is 6.08 Å². The number of allylic oxidation sites excluding steroid dienone is 2. The number of rotatable bonds is 5. The molecule has 0 atom stereocenters. The van der Waals surface area contributed by atoms with Crippen molar-refractivity contribution in [3.8, 4) is 0 Å². The van der Waals surface area contributed by atoms with Crippen molar-refractivity contribution in [2.24, 2.45) is 5.92 Å². The molecule has 0 aliphatic heterocycles. The molecule has 0 saturated carbocycles. The first-order valence-electron chi connectivity index (χ1n) is 7.71. The maximum absolute atomic E-state index is 12.7. The number of carbonyl (C=O) groups excluding carboxylic acids is 2. The maximum atomic E-state index is 12.7. The minimum atomic E-state index is -4.52. The fourth-order valence-corrected chi connectivity index (χ4v) is 1.92. The summed E-state index contributed by atoms with van der Waals surface area (Å²) in [4.78, 5) is 27.8. The van der Waals surface area contributed by atoms with Crippen LogP contribution in [0.1, 0.15) is 24.2 Å². The Labute approximate surface area is 148 Å². The van der Waals surface area contributed by atoms with Crippen LogP contribution >= 0.6 is 0 Å². The summed E-state index contributed by atoms with van der Waals surface area (Å²) < 4.78 is 38.0. The molecule has 2 rings (SSSR count). The van der Waals surface area contributed by atoms with Crippen molar-refractivity contribution in [2.75, 3.05) is 11.9 Å². The van der Waals surface area contributed by atoms with Gasteiger partial charge in [0.1, 0.15) is 11.4 Å². The minimum Gasteiger partial charge on any atom is -0.348 e. The Morgan fingerprint density at radius 3 is 2.69 bits per heavy atom. The van der Waals surface area contributed by atoms with Crippen LogP contribution in [0.3, 0.4) is 0 Å². The van der Waals surface area contributed by atoms with Crippen LogP contribution in [0, 0.1) is 5.92 Å². The predicted molar refractivity (Wildman–Crippen MR) is 89.3 cm³/mol. The zero-order valence-electron chi connectivity index (χ0n) is 14.1. The lowest BCUT2D eigenvalue weighted by molar-refractivity contribution is -0.118. The van der Waals surface area contributed by atoms with Gasteiger partial charge in [0.2, 0.25) is 5.91 Å². The second kappa shape index (κ2) is 7.87. The largest absolute Gasteiger partial charge is 0.424 e. The van der Waals surface area contributed by atoms with Gasteiger partial charge in [0, 0.05) is 24.2 Å². The van der Waals surface area contributed by atoms with E-state index < -0.39 is 17.7 Å². The maximum Gasteiger partial charge on any atom is 0.424 e. The summed E-state index contributed by atoms with van der Waals surface area (Å²) in [6.07, 6.45) is -0.947. The van der Waals surface area contributed by atoms with Crippen LogP contribution in [0.5, 0.6) is 0 Å². The number of anilines is 1. The standard InChI is InChI=1S/C18H16F3N3O2/c1-11(2)16(25)24-15-9-13(6-7-22-15)17(26)23-10-12-4-3-5-14(8-12)18(19,20)21/h4,6-9,11H,10H2,1-2H3,(H,23,26)(H,22,24,25). The molecule has 8 heteroatoms. The molecule has 1 aliphatic rings. The first-order valence-corrected chi connectivity index (χ1v) is 7.71. The van der Waals surface area contributed by atoms with E-state index in [1.807, 2.05) is 5.73 Å². The molecule has 1 heterocycles. The van der Waals surface area contributed by atoms with Crippen LogP contribution < -0.4 is 10.6 Å². The average molecular weight is 363 g/mol. The van der Waals surface area contributed by atoms with E-state index >= 15 is 0 Å². The van der Waals surface area contributed by atoms with Gasteiger partial charge in [-0.1, -0.05) is 25.3 Å². The second-order valence-electron chi connectivity index (χ2n) is 5.80. The molecular weight excluding hydrogens is 347 g/mol. The highest BCUT2D eigenvalue weighted by atomic mass is 19.4. The van der Waals surface area contributed by atoms with Crippen molar-refractivity contribution in [1.29, 1.82) is 0 Å². The summed E-state index contributed by atoms with van der Waals surface area (Å²) in [6, 6.07) is 2.83. The molecule has 0 radical (unpaired) electrons. The van der Waals surface area contributed by atoms with Gasteiger partial charge in [-0.05, 0) is 29.9 Å². The molecule has 0 aromatic carbocycles. The highest BCUT2D eigenvalue weighted by Crippen LogP contribution is 2.27. The number of halogens is 3. The summed E-state index contributed by atoms with van der Waals surface area (Å²) in [5.41, 5.74) is 3.79. The Balaban J connectivity index is 2.01. The fraction of sp³-hybridized carbons (Fsp3) is 0.278. The van der Waals surface area contributed by atoms with E-state index in [1.54, 1.807) is 13.8 Å². The van der Waals surface area contributed by atoms with Crippen LogP contribution in [-0.4, -0.2) is 29.5 Å². The van der Waals surface area contributed by atoms with Crippen LogP contribution in [0.15, 0.2) is 53.1 Å². The van der Waals surface area contributed by atoms with Gasteiger partial charge >= 0.3 is 6.18 Å². The number of pyridine rings is 1. The number of nitrogens with zero attached hydrogens (tertiary/aromatic N) is 1. The van der Waals surface area contributed by atoms with E-state index in [2.05, 4.69) is 21.3 Å². The molecule has 1 aliphatic carbocycles. The Morgan fingerprint density at radius 1 is 1.31 bits per heavy atom. The third-order valence-electron chi connectivity index (χ3n) is 3.35. The summed E-state index contributed by atoms with van der Waals surface area (Å²) in [6.45, 7) is 3.33. The summed E-state index contributed by atoms with van der Waals surface area (Å²) in [5.74, 6) is -0.777. The van der Waals surface area contributed by atoms with Crippen molar-refractivity contribution >= 4 is 17.6 Å². The van der Waals surface area contributed by atoms with Gasteiger partial charge in [-0.3, -0.25) is 9.59 Å². The summed E-state index contributed by atoms with van der Waals surface area (Å²) in [5, 5.41) is 5.09. The van der Waals surface area contributed by atoms with Gasteiger partial charge in [0.15, 0.2) is 0 Å². The molecule has 0 fully saturated rings. The zero-order valence-corrected chi connectivity index (χ0v) is 14.1. The van der Waals surface area contributed by atoms with Gasteiger partial charge < -0.3 is 10.6 Å². The normalized spacial score (nSPS) is 13.3. The van der Waals surface area contributed by atoms with E-state index in [0.29, 0.717) is 0 Å². The first-order chi connectivity index (χ1) is 12.2. The molecule has 0 unspecified atom stereocenters. The van der Waals surface area contributed by atoms with Crippen molar-refractivity contribution in [1.82, 2.24) is 10.3 Å². The van der Waals surface area contributed by atoms with Crippen molar-refractivity contribution in [3.63, 3.8) is 0 Å². The third kappa shape index (κ3) is 5.21. The number of hydrogen-bond donors (Lipinski definition) is 2. The SMILES string of the molecule is CC(C)C(=O)Nc1cc(C(=O)NCC2=CC(C(F)(F)F)=C=C=C2)ccn1. The average Bonchev–Trinajstić information content (AvgIpc) is 2.59. The van der Waals surface area contributed by atoms with Crippen molar-refractivity contribution in [2.45, 2.75) is 20.0 Å². The number of alkyl halides is 3. The van der Waals surface area contributed by atoms with E-state index in [4.69, 9.17) is 0 Å². The monoisotopic (exact) mass is 363 g/mol. The van der Waals surface area contributed by atoms with Crippen molar-refractivity contribution in [3.05, 3.63) is 58.7 Å². The molecule has 2 N–H and O–H groups in total. The Morgan fingerprint density at radius 2 is 2.04 bits per heavy atom. The Bertz CT molecular complexity index is 857. The molecule has 0 spiro atoms. The Hall–Kier alpha value is -3.08. The van der Waals surface area contributed by atoms with Crippen LogP contribution in [-0.2, 0) is 4.79 Å². The van der Waals surface area contributed by atoms with Gasteiger partial charge in [-0.2, -0.15) is 13.2 Å². The Kier molecular flexibility index (Phi) is 5.82. The molecule has 1 aromatic heterocycles. The van der Waals surface area contributed by atoms with E-state index in [1.165, 1.54) is 24.4 Å². The number of aromatic nitrogens is 1. The van der Waals surface area contributed by atoms with Crippen LogP contribution in [0.2, 0.25) is 0 Å². The van der Waals surface area contributed by atoms with E-state index in [-0.39, 0.29) is 35.3 Å². The molecular formula is C18H16F3N3O2. The predicted octanol–water partition coefficient (Wildman–Crippen LogP) is 3.14. The number of nitrogens with one attached hydrogen (secondary N) is 2. The summed E-state index contributed by atoms with van der Waals surface area (Å²) >= 11 is 0. The molecule has 2 amide bonds. The molecule has 136 valence electrons. The number of hydrogen-bond acceptors (Lipinski definition) is 3. The van der Waals surface area contributed by atoms with Gasteiger partial charge in [-0.25, -0.2) is 4.98 Å². The molecule has 5 nitrogen and oxygen atoms in total. The van der Waals surface area contributed by atoms with E-state index in [9.17, 15) is 22.8 Å². The smallest absolute Gasteiger partial charge is 0.348 e. The fourth-order valence-electron chi connectivity index (χ4n) is 1.92. The highest BCUT2D eigenvalue weighted by molar-refractivity contribution is 5.96. The highest BCUT2D eigenvalue weighted by Gasteiger charge is 2.32. The minimum absolute atomic E-state index is 0.108. The first kappa shape index (κ1) is 19.2. The van der Waals surface area contributed by atoms with Crippen LogP contribution in [0.25, 0.3) is 0 Å². The number of carbonyl (C=O) groups is 2. The van der Waals surface area contributed by atoms with Crippen molar-refractivity contribution < 1.29 is 22.8 Å². The quantitative estimate of drug-likeness (QED) is 0.790. The third-order valence-corrected chi connectivity index (χ3v) is 3.35.